The van der Waals surface area contributed by atoms with Gasteiger partial charge in [0.25, 0.3) is 11.7 Å². The van der Waals surface area contributed by atoms with E-state index in [-0.39, 0.29) is 11.3 Å². The van der Waals surface area contributed by atoms with Crippen molar-refractivity contribution in [1.29, 1.82) is 0 Å². The normalized spacial score (nSPS) is 18.2. The number of carbonyl (C=O) groups is 2. The number of rotatable bonds is 8. The molecule has 0 radical (unpaired) electrons. The molecule has 1 saturated heterocycles. The Labute approximate surface area is 184 Å². The molecule has 2 heterocycles. The average Bonchev–Trinajstić information content (AvgIpc) is 3.03. The lowest BCUT2D eigenvalue weighted by molar-refractivity contribution is -0.140. The van der Waals surface area contributed by atoms with E-state index in [4.69, 9.17) is 0 Å². The first-order valence-corrected chi connectivity index (χ1v) is 10.9. The van der Waals surface area contributed by atoms with Crippen molar-refractivity contribution in [1.82, 2.24) is 14.8 Å². The van der Waals surface area contributed by atoms with Gasteiger partial charge in [-0.3, -0.25) is 14.6 Å². The van der Waals surface area contributed by atoms with E-state index in [0.29, 0.717) is 12.1 Å². The second-order valence-corrected chi connectivity index (χ2v) is 7.97. The number of aryl methyl sites for hydroxylation is 2. The summed E-state index contributed by atoms with van der Waals surface area (Å²) in [6, 6.07) is 8.68. The molecule has 6 heteroatoms. The molecule has 1 aliphatic rings. The van der Waals surface area contributed by atoms with Crippen LogP contribution in [0.1, 0.15) is 48.6 Å². The highest BCUT2D eigenvalue weighted by Gasteiger charge is 2.45. The standard InChI is InChI=1S/C25H31N3O3/c1-5-27(6-2)14-7-15-28-22(19-10-12-26-13-11-19)21(24(30)25(28)31)23(29)20-16-17(3)8-9-18(20)4/h8-13,16,22,29H,5-7,14-15H2,1-4H3/b23-21-. The summed E-state index contributed by atoms with van der Waals surface area (Å²) in [5, 5.41) is 11.2. The number of aliphatic hydroxyl groups excluding tert-OH is 1. The van der Waals surface area contributed by atoms with Crippen LogP contribution in [0.4, 0.5) is 0 Å². The molecule has 0 bridgehead atoms. The van der Waals surface area contributed by atoms with E-state index in [9.17, 15) is 14.7 Å². The van der Waals surface area contributed by atoms with Crippen molar-refractivity contribution in [3.63, 3.8) is 0 Å². The number of benzene rings is 1. The van der Waals surface area contributed by atoms with Crippen LogP contribution in [0.2, 0.25) is 0 Å². The lowest BCUT2D eigenvalue weighted by Gasteiger charge is -2.26. The third kappa shape index (κ3) is 4.69. The highest BCUT2D eigenvalue weighted by Crippen LogP contribution is 2.39. The molecule has 1 atom stereocenters. The number of aliphatic hydroxyl groups is 1. The van der Waals surface area contributed by atoms with Gasteiger partial charge in [-0.1, -0.05) is 31.5 Å². The molecule has 0 saturated carbocycles. The average molecular weight is 422 g/mol. The number of carbonyl (C=O) groups excluding carboxylic acids is 2. The van der Waals surface area contributed by atoms with Crippen LogP contribution < -0.4 is 0 Å². The lowest BCUT2D eigenvalue weighted by Crippen LogP contribution is -2.33. The minimum absolute atomic E-state index is 0.118. The molecule has 0 spiro atoms. The third-order valence-electron chi connectivity index (χ3n) is 5.98. The lowest BCUT2D eigenvalue weighted by atomic mass is 9.93. The second-order valence-electron chi connectivity index (χ2n) is 7.97. The Kier molecular flexibility index (Phi) is 7.23. The Bertz CT molecular complexity index is 981. The maximum Gasteiger partial charge on any atom is 0.295 e. The second kappa shape index (κ2) is 9.88. The van der Waals surface area contributed by atoms with E-state index in [0.717, 1.165) is 42.7 Å². The molecule has 0 aliphatic carbocycles. The summed E-state index contributed by atoms with van der Waals surface area (Å²) in [6.45, 7) is 11.2. The predicted molar refractivity (Wildman–Crippen MR) is 122 cm³/mol. The topological polar surface area (TPSA) is 73.7 Å². The van der Waals surface area contributed by atoms with E-state index < -0.39 is 17.7 Å². The summed E-state index contributed by atoms with van der Waals surface area (Å²) < 4.78 is 0. The monoisotopic (exact) mass is 421 g/mol. The van der Waals surface area contributed by atoms with E-state index in [1.807, 2.05) is 32.0 Å². The van der Waals surface area contributed by atoms with Gasteiger partial charge in [-0.2, -0.15) is 0 Å². The van der Waals surface area contributed by atoms with Gasteiger partial charge in [-0.05, 0) is 69.2 Å². The van der Waals surface area contributed by atoms with Gasteiger partial charge in [0.05, 0.1) is 11.6 Å². The molecule has 1 unspecified atom stereocenters. The fourth-order valence-corrected chi connectivity index (χ4v) is 4.14. The first-order chi connectivity index (χ1) is 14.9. The zero-order chi connectivity index (χ0) is 22.5. The Morgan fingerprint density at radius 1 is 1.10 bits per heavy atom. The summed E-state index contributed by atoms with van der Waals surface area (Å²) in [5.74, 6) is -1.32. The molecule has 6 nitrogen and oxygen atoms in total. The summed E-state index contributed by atoms with van der Waals surface area (Å²) in [6.07, 6.45) is 4.03. The maximum absolute atomic E-state index is 13.1. The van der Waals surface area contributed by atoms with Gasteiger partial charge >= 0.3 is 0 Å². The van der Waals surface area contributed by atoms with Gasteiger partial charge in [-0.25, -0.2) is 0 Å². The molecule has 164 valence electrons. The molecule has 1 aliphatic heterocycles. The highest BCUT2D eigenvalue weighted by atomic mass is 16.3. The van der Waals surface area contributed by atoms with Crippen LogP contribution in [-0.2, 0) is 9.59 Å². The predicted octanol–water partition coefficient (Wildman–Crippen LogP) is 3.85. The quantitative estimate of drug-likeness (QED) is 0.398. The fourth-order valence-electron chi connectivity index (χ4n) is 4.14. The summed E-state index contributed by atoms with van der Waals surface area (Å²) >= 11 is 0. The Balaban J connectivity index is 2.04. The van der Waals surface area contributed by atoms with Crippen LogP contribution in [0.3, 0.4) is 0 Å². The number of ketones is 1. The summed E-state index contributed by atoms with van der Waals surface area (Å²) in [4.78, 5) is 34.0. The van der Waals surface area contributed by atoms with Crippen molar-refractivity contribution in [2.75, 3.05) is 26.2 Å². The fraction of sp³-hybridized carbons (Fsp3) is 0.400. The van der Waals surface area contributed by atoms with Crippen LogP contribution >= 0.6 is 0 Å². The number of nitrogens with zero attached hydrogens (tertiary/aromatic N) is 3. The smallest absolute Gasteiger partial charge is 0.295 e. The Morgan fingerprint density at radius 2 is 1.77 bits per heavy atom. The van der Waals surface area contributed by atoms with Gasteiger partial charge < -0.3 is 14.9 Å². The van der Waals surface area contributed by atoms with Crippen molar-refractivity contribution in [3.05, 3.63) is 70.6 Å². The van der Waals surface area contributed by atoms with E-state index in [1.165, 1.54) is 0 Å². The molecule has 1 N–H and O–H groups in total. The van der Waals surface area contributed by atoms with Gasteiger partial charge in [0.2, 0.25) is 0 Å². The van der Waals surface area contributed by atoms with Crippen molar-refractivity contribution in [3.8, 4) is 0 Å². The third-order valence-corrected chi connectivity index (χ3v) is 5.98. The van der Waals surface area contributed by atoms with Gasteiger partial charge in [0.15, 0.2) is 0 Å². The zero-order valence-corrected chi connectivity index (χ0v) is 18.8. The first-order valence-electron chi connectivity index (χ1n) is 10.9. The van der Waals surface area contributed by atoms with Crippen molar-refractivity contribution < 1.29 is 14.7 Å². The van der Waals surface area contributed by atoms with Crippen LogP contribution in [0.5, 0.6) is 0 Å². The van der Waals surface area contributed by atoms with Crippen molar-refractivity contribution in [2.24, 2.45) is 0 Å². The Morgan fingerprint density at radius 3 is 2.42 bits per heavy atom. The van der Waals surface area contributed by atoms with Crippen molar-refractivity contribution in [2.45, 2.75) is 40.2 Å². The molecule has 31 heavy (non-hydrogen) atoms. The largest absolute Gasteiger partial charge is 0.507 e. The van der Waals surface area contributed by atoms with E-state index in [2.05, 4.69) is 23.7 Å². The number of likely N-dealkylation sites (tertiary alicyclic amines) is 1. The van der Waals surface area contributed by atoms with Crippen LogP contribution in [-0.4, -0.2) is 57.8 Å². The molecule has 1 aromatic carbocycles. The van der Waals surface area contributed by atoms with E-state index >= 15 is 0 Å². The van der Waals surface area contributed by atoms with Crippen LogP contribution in [0, 0.1) is 13.8 Å². The van der Waals surface area contributed by atoms with Crippen LogP contribution in [0.25, 0.3) is 5.76 Å². The molecule has 2 aromatic rings. The summed E-state index contributed by atoms with van der Waals surface area (Å²) in [7, 11) is 0. The molecule has 3 rings (SSSR count). The molecular formula is C25H31N3O3. The van der Waals surface area contributed by atoms with E-state index in [1.54, 1.807) is 29.4 Å². The number of hydrogen-bond donors (Lipinski definition) is 1. The minimum atomic E-state index is -0.636. The van der Waals surface area contributed by atoms with Crippen LogP contribution in [0.15, 0.2) is 48.3 Å². The molecule has 1 aromatic heterocycles. The Hall–Kier alpha value is -2.99. The van der Waals surface area contributed by atoms with Gasteiger partial charge in [0.1, 0.15) is 5.76 Å². The molecule has 1 amide bonds. The number of hydrogen-bond acceptors (Lipinski definition) is 5. The number of pyridine rings is 1. The maximum atomic E-state index is 13.1. The molecular weight excluding hydrogens is 390 g/mol. The van der Waals surface area contributed by atoms with Gasteiger partial charge in [-0.15, -0.1) is 0 Å². The SMILES string of the molecule is CCN(CC)CCCN1C(=O)C(=O)/C(=C(\O)c2cc(C)ccc2C)C1c1ccncc1. The van der Waals surface area contributed by atoms with Gasteiger partial charge in [0, 0.05) is 24.5 Å². The number of Topliss-reactive ketones (excluding diaryl/α,β-unsaturated/α-hetero) is 1. The number of aromatic nitrogens is 1. The molecule has 1 fully saturated rings. The first kappa shape index (κ1) is 22.7. The summed E-state index contributed by atoms with van der Waals surface area (Å²) in [5.41, 5.74) is 3.32. The highest BCUT2D eigenvalue weighted by molar-refractivity contribution is 6.46. The van der Waals surface area contributed by atoms with Crippen molar-refractivity contribution >= 4 is 17.4 Å². The zero-order valence-electron chi connectivity index (χ0n) is 18.8. The number of amides is 1. The minimum Gasteiger partial charge on any atom is -0.507 e.